The Balaban J connectivity index is 1.48. The standard InChI is InChI=1S/C26H21Cl2N5OS/c1-16-22(24(34)30-21-5-3-2-4-6-21)23(18-9-13-20(28)14-10-18)33-25(29-16)31-26(32-33)35-15-17-7-11-19(27)12-8-17/h2-14,23H,15H2,1H3,(H,30,34)(H,29,31,32)/t23-/m1/s1. The third kappa shape index (κ3) is 5.22. The minimum absolute atomic E-state index is 0.210. The van der Waals surface area contributed by atoms with E-state index in [1.807, 2.05) is 85.8 Å². The van der Waals surface area contributed by atoms with Crippen LogP contribution in [0, 0.1) is 0 Å². The molecule has 2 N–H and O–H groups in total. The smallest absolute Gasteiger partial charge is 0.255 e. The molecule has 176 valence electrons. The first kappa shape index (κ1) is 23.5. The van der Waals surface area contributed by atoms with Crippen LogP contribution in [0.5, 0.6) is 0 Å². The highest BCUT2D eigenvalue weighted by Gasteiger charge is 2.34. The number of carbonyl (C=O) groups is 1. The highest BCUT2D eigenvalue weighted by Crippen LogP contribution is 2.37. The van der Waals surface area contributed by atoms with Crippen molar-refractivity contribution >= 4 is 52.5 Å². The van der Waals surface area contributed by atoms with E-state index < -0.39 is 6.04 Å². The number of amides is 1. The normalized spacial score (nSPS) is 14.9. The van der Waals surface area contributed by atoms with Gasteiger partial charge in [-0.1, -0.05) is 77.4 Å². The number of anilines is 2. The van der Waals surface area contributed by atoms with Crippen LogP contribution in [0.4, 0.5) is 11.6 Å². The Hall–Kier alpha value is -3.26. The van der Waals surface area contributed by atoms with E-state index in [2.05, 4.69) is 10.6 Å². The van der Waals surface area contributed by atoms with Crippen molar-refractivity contribution in [3.05, 3.63) is 111 Å². The van der Waals surface area contributed by atoms with Crippen molar-refractivity contribution in [1.82, 2.24) is 14.8 Å². The number of benzene rings is 3. The summed E-state index contributed by atoms with van der Waals surface area (Å²) in [6.45, 7) is 1.88. The van der Waals surface area contributed by atoms with E-state index in [1.54, 1.807) is 4.68 Å². The number of halogens is 2. The van der Waals surface area contributed by atoms with E-state index in [0.717, 1.165) is 16.8 Å². The first-order chi connectivity index (χ1) is 17.0. The van der Waals surface area contributed by atoms with Crippen LogP contribution in [0.25, 0.3) is 0 Å². The van der Waals surface area contributed by atoms with Gasteiger partial charge in [0.05, 0.1) is 5.57 Å². The monoisotopic (exact) mass is 521 g/mol. The van der Waals surface area contributed by atoms with Crippen LogP contribution < -0.4 is 10.6 Å². The Labute approximate surface area is 217 Å². The molecule has 1 aromatic heterocycles. The number of thioether (sulfide) groups is 1. The molecule has 3 aromatic carbocycles. The van der Waals surface area contributed by atoms with Crippen molar-refractivity contribution in [1.29, 1.82) is 0 Å². The molecular formula is C26H21Cl2N5OS. The molecular weight excluding hydrogens is 501 g/mol. The van der Waals surface area contributed by atoms with Gasteiger partial charge in [0.1, 0.15) is 6.04 Å². The highest BCUT2D eigenvalue weighted by molar-refractivity contribution is 7.98. The van der Waals surface area contributed by atoms with Gasteiger partial charge in [0.2, 0.25) is 11.1 Å². The average Bonchev–Trinajstić information content (AvgIpc) is 3.26. The Morgan fingerprint density at radius 3 is 2.34 bits per heavy atom. The number of fused-ring (bicyclic) bond motifs is 1. The van der Waals surface area contributed by atoms with Gasteiger partial charge in [0, 0.05) is 27.2 Å². The molecule has 0 spiro atoms. The van der Waals surface area contributed by atoms with Gasteiger partial charge >= 0.3 is 0 Å². The number of hydrogen-bond acceptors (Lipinski definition) is 5. The van der Waals surface area contributed by atoms with Crippen LogP contribution in [0.15, 0.2) is 95.3 Å². The van der Waals surface area contributed by atoms with Crippen molar-refractivity contribution < 1.29 is 4.79 Å². The molecule has 9 heteroatoms. The molecule has 5 rings (SSSR count). The number of allylic oxidation sites excluding steroid dienone is 1. The highest BCUT2D eigenvalue weighted by atomic mass is 35.5. The van der Waals surface area contributed by atoms with E-state index in [1.165, 1.54) is 11.8 Å². The Morgan fingerprint density at radius 1 is 1.00 bits per heavy atom. The maximum absolute atomic E-state index is 13.5. The number of nitrogens with one attached hydrogen (secondary N) is 2. The third-order valence-electron chi connectivity index (χ3n) is 5.58. The van der Waals surface area contributed by atoms with Gasteiger partial charge in [-0.05, 0) is 54.4 Å². The molecule has 4 aromatic rings. The Morgan fingerprint density at radius 2 is 1.66 bits per heavy atom. The molecule has 1 aliphatic rings. The molecule has 35 heavy (non-hydrogen) atoms. The fourth-order valence-corrected chi connectivity index (χ4v) is 4.93. The lowest BCUT2D eigenvalue weighted by Gasteiger charge is -2.28. The van der Waals surface area contributed by atoms with Gasteiger partial charge in [-0.3, -0.25) is 4.79 Å². The second kappa shape index (κ2) is 10.2. The van der Waals surface area contributed by atoms with E-state index in [-0.39, 0.29) is 5.91 Å². The first-order valence-electron chi connectivity index (χ1n) is 10.9. The van der Waals surface area contributed by atoms with Crippen molar-refractivity contribution in [2.45, 2.75) is 23.9 Å². The zero-order valence-corrected chi connectivity index (χ0v) is 21.0. The van der Waals surface area contributed by atoms with Crippen LogP contribution in [0.1, 0.15) is 24.1 Å². The molecule has 6 nitrogen and oxygen atoms in total. The molecule has 0 fully saturated rings. The van der Waals surface area contributed by atoms with E-state index in [4.69, 9.17) is 33.3 Å². The third-order valence-corrected chi connectivity index (χ3v) is 6.99. The van der Waals surface area contributed by atoms with E-state index in [0.29, 0.717) is 38.2 Å². The van der Waals surface area contributed by atoms with Crippen molar-refractivity contribution in [2.75, 3.05) is 10.6 Å². The second-order valence-corrected chi connectivity index (χ2v) is 9.83. The lowest BCUT2D eigenvalue weighted by atomic mass is 9.95. The van der Waals surface area contributed by atoms with Crippen LogP contribution >= 0.6 is 35.0 Å². The molecule has 0 saturated carbocycles. The van der Waals surface area contributed by atoms with E-state index >= 15 is 0 Å². The number of hydrogen-bond donors (Lipinski definition) is 2. The zero-order valence-electron chi connectivity index (χ0n) is 18.7. The number of aromatic nitrogens is 3. The summed E-state index contributed by atoms with van der Waals surface area (Å²) < 4.78 is 1.76. The van der Waals surface area contributed by atoms with Gasteiger partial charge in [-0.25, -0.2) is 4.68 Å². The average molecular weight is 522 g/mol. The summed E-state index contributed by atoms with van der Waals surface area (Å²) in [4.78, 5) is 18.2. The van der Waals surface area contributed by atoms with Crippen LogP contribution in [0.3, 0.4) is 0 Å². The fraction of sp³-hybridized carbons (Fsp3) is 0.115. The predicted octanol–water partition coefficient (Wildman–Crippen LogP) is 6.80. The summed E-state index contributed by atoms with van der Waals surface area (Å²) in [5.41, 5.74) is 3.99. The molecule has 2 heterocycles. The number of nitrogens with zero attached hydrogens (tertiary/aromatic N) is 3. The summed E-state index contributed by atoms with van der Waals surface area (Å²) >= 11 is 13.7. The molecule has 0 saturated heterocycles. The maximum Gasteiger partial charge on any atom is 0.255 e. The quantitative estimate of drug-likeness (QED) is 0.273. The maximum atomic E-state index is 13.5. The number of carbonyl (C=O) groups excluding carboxylic acids is 1. The lowest BCUT2D eigenvalue weighted by molar-refractivity contribution is -0.113. The fourth-order valence-electron chi connectivity index (χ4n) is 3.89. The summed E-state index contributed by atoms with van der Waals surface area (Å²) in [5, 5.41) is 13.0. The Kier molecular flexibility index (Phi) is 6.81. The first-order valence-corrected chi connectivity index (χ1v) is 12.7. The minimum atomic E-state index is -0.468. The SMILES string of the molecule is CC1=C(C(=O)Nc2ccccc2)[C@@H](c2ccc(Cl)cc2)n2nc(SCc3ccc(Cl)cc3)nc2N1. The van der Waals surface area contributed by atoms with Crippen LogP contribution in [-0.2, 0) is 10.5 Å². The van der Waals surface area contributed by atoms with Crippen molar-refractivity contribution in [3.63, 3.8) is 0 Å². The summed E-state index contributed by atoms with van der Waals surface area (Å²) in [6, 6.07) is 24.1. The number of para-hydroxylation sites is 1. The molecule has 0 bridgehead atoms. The molecule has 1 aliphatic heterocycles. The summed E-state index contributed by atoms with van der Waals surface area (Å²) in [7, 11) is 0. The molecule has 0 aliphatic carbocycles. The second-order valence-electron chi connectivity index (χ2n) is 8.02. The molecule has 1 amide bonds. The van der Waals surface area contributed by atoms with Crippen molar-refractivity contribution in [2.24, 2.45) is 0 Å². The Bertz CT molecular complexity index is 1390. The van der Waals surface area contributed by atoms with Gasteiger partial charge < -0.3 is 10.6 Å². The predicted molar refractivity (Wildman–Crippen MR) is 142 cm³/mol. The lowest BCUT2D eigenvalue weighted by Crippen LogP contribution is -2.31. The topological polar surface area (TPSA) is 71.8 Å². The van der Waals surface area contributed by atoms with Gasteiger partial charge in [-0.2, -0.15) is 4.98 Å². The van der Waals surface area contributed by atoms with Crippen LogP contribution in [-0.4, -0.2) is 20.7 Å². The van der Waals surface area contributed by atoms with Gasteiger partial charge in [0.15, 0.2) is 0 Å². The minimum Gasteiger partial charge on any atom is -0.328 e. The van der Waals surface area contributed by atoms with Gasteiger partial charge in [-0.15, -0.1) is 5.10 Å². The molecule has 0 unspecified atom stereocenters. The molecule has 1 atom stereocenters. The molecule has 0 radical (unpaired) electrons. The number of rotatable bonds is 6. The van der Waals surface area contributed by atoms with Crippen LogP contribution in [0.2, 0.25) is 10.0 Å². The largest absolute Gasteiger partial charge is 0.328 e. The van der Waals surface area contributed by atoms with Gasteiger partial charge in [0.25, 0.3) is 5.91 Å². The summed E-state index contributed by atoms with van der Waals surface area (Å²) in [6.07, 6.45) is 0. The zero-order chi connectivity index (χ0) is 24.4. The van der Waals surface area contributed by atoms with Crippen molar-refractivity contribution in [3.8, 4) is 0 Å². The van der Waals surface area contributed by atoms with E-state index in [9.17, 15) is 4.79 Å². The summed E-state index contributed by atoms with van der Waals surface area (Å²) in [5.74, 6) is 1.06.